The fraction of sp³-hybridized carbons (Fsp3) is 0.571. The molecule has 2 aliphatic rings. The van der Waals surface area contributed by atoms with E-state index in [1.165, 1.54) is 44.6 Å². The van der Waals surface area contributed by atoms with E-state index < -0.39 is 40.7 Å². The van der Waals surface area contributed by atoms with Crippen LogP contribution in [0, 0.1) is 41.0 Å². The van der Waals surface area contributed by atoms with E-state index in [4.69, 9.17) is 0 Å². The van der Waals surface area contributed by atoms with Crippen LogP contribution in [-0.4, -0.2) is 0 Å². The van der Waals surface area contributed by atoms with E-state index in [1.54, 1.807) is 0 Å². The van der Waals surface area contributed by atoms with E-state index in [2.05, 4.69) is 11.7 Å². The van der Waals surface area contributed by atoms with Gasteiger partial charge in [0, 0.05) is 12.1 Å². The Labute approximate surface area is 202 Å². The molecule has 1 nitrogen and oxygen atoms in total. The van der Waals surface area contributed by atoms with Crippen LogP contribution in [0.15, 0.2) is 30.3 Å². The molecule has 4 rings (SSSR count). The Morgan fingerprint density at radius 2 is 1.34 bits per heavy atom. The number of alkyl halides is 2. The Bertz CT molecular complexity index is 983. The zero-order valence-corrected chi connectivity index (χ0v) is 19.9. The first-order chi connectivity index (χ1) is 16.7. The van der Waals surface area contributed by atoms with E-state index in [1.807, 2.05) is 0 Å². The van der Waals surface area contributed by atoms with Crippen molar-refractivity contribution in [1.29, 1.82) is 0 Å². The van der Waals surface area contributed by atoms with Crippen molar-refractivity contribution in [1.82, 2.24) is 0 Å². The lowest BCUT2D eigenvalue weighted by atomic mass is 9.68. The monoisotopic (exact) mass is 498 g/mol. The Balaban J connectivity index is 1.37. The molecule has 0 atom stereocenters. The van der Waals surface area contributed by atoms with Crippen molar-refractivity contribution in [3.05, 3.63) is 64.7 Å². The first-order valence-corrected chi connectivity index (χ1v) is 12.7. The van der Waals surface area contributed by atoms with Crippen molar-refractivity contribution in [2.45, 2.75) is 83.2 Å². The second-order valence-electron chi connectivity index (χ2n) is 10.2. The van der Waals surface area contributed by atoms with E-state index in [9.17, 15) is 26.3 Å². The van der Waals surface area contributed by atoms with Crippen LogP contribution in [-0.2, 0) is 6.11 Å². The van der Waals surface area contributed by atoms with Gasteiger partial charge in [0.25, 0.3) is 0 Å². The van der Waals surface area contributed by atoms with Crippen LogP contribution in [0.2, 0.25) is 0 Å². The summed E-state index contributed by atoms with van der Waals surface area (Å²) in [6.45, 7) is 2.24. The van der Waals surface area contributed by atoms with Gasteiger partial charge in [0.05, 0.1) is 5.56 Å². The Hall–Kier alpha value is -2.18. The van der Waals surface area contributed by atoms with Gasteiger partial charge in [-0.15, -0.1) is 0 Å². The molecule has 2 aromatic carbocycles. The predicted molar refractivity (Wildman–Crippen MR) is 122 cm³/mol. The maximum absolute atomic E-state index is 14.7. The maximum atomic E-state index is 14.7. The molecular weight excluding hydrogens is 466 g/mol. The quantitative estimate of drug-likeness (QED) is 0.273. The summed E-state index contributed by atoms with van der Waals surface area (Å²) in [6, 6.07) is 4.14. The Kier molecular flexibility index (Phi) is 8.02. The second kappa shape index (κ2) is 10.8. The highest BCUT2D eigenvalue weighted by Gasteiger charge is 2.39. The highest BCUT2D eigenvalue weighted by molar-refractivity contribution is 5.31. The third-order valence-electron chi connectivity index (χ3n) is 8.01. The number of ether oxygens (including phenoxy) is 1. The van der Waals surface area contributed by atoms with Gasteiger partial charge in [-0.05, 0) is 79.9 Å². The molecule has 2 aliphatic carbocycles. The van der Waals surface area contributed by atoms with Gasteiger partial charge in [0.2, 0.25) is 0 Å². The van der Waals surface area contributed by atoms with E-state index >= 15 is 0 Å². The van der Waals surface area contributed by atoms with Gasteiger partial charge in [-0.2, -0.15) is 8.78 Å². The van der Waals surface area contributed by atoms with Gasteiger partial charge >= 0.3 is 6.11 Å². The highest BCUT2D eigenvalue weighted by Crippen LogP contribution is 2.45. The molecule has 0 amide bonds. The molecule has 192 valence electrons. The molecule has 0 bridgehead atoms. The van der Waals surface area contributed by atoms with E-state index in [0.717, 1.165) is 49.7 Å². The third kappa shape index (κ3) is 5.97. The molecule has 0 spiro atoms. The summed E-state index contributed by atoms with van der Waals surface area (Å²) in [6.07, 6.45) is 7.54. The first-order valence-electron chi connectivity index (χ1n) is 12.7. The summed E-state index contributed by atoms with van der Waals surface area (Å²) in [5.41, 5.74) is -0.366. The number of hydrogen-bond donors (Lipinski definition) is 0. The highest BCUT2D eigenvalue weighted by atomic mass is 19.3. The number of halogens is 6. The fourth-order valence-corrected chi connectivity index (χ4v) is 6.10. The van der Waals surface area contributed by atoms with Gasteiger partial charge in [-0.3, -0.25) is 0 Å². The molecule has 2 aromatic rings. The van der Waals surface area contributed by atoms with Crippen molar-refractivity contribution < 1.29 is 31.1 Å². The first kappa shape index (κ1) is 25.9. The lowest BCUT2D eigenvalue weighted by molar-refractivity contribution is -0.187. The second-order valence-corrected chi connectivity index (χ2v) is 10.2. The molecule has 0 saturated heterocycles. The van der Waals surface area contributed by atoms with Crippen LogP contribution in [0.3, 0.4) is 0 Å². The van der Waals surface area contributed by atoms with Gasteiger partial charge in [-0.25, -0.2) is 17.6 Å². The van der Waals surface area contributed by atoms with Gasteiger partial charge in [0.15, 0.2) is 17.5 Å². The van der Waals surface area contributed by atoms with Crippen molar-refractivity contribution in [2.24, 2.45) is 17.8 Å². The summed E-state index contributed by atoms with van der Waals surface area (Å²) < 4.78 is 88.0. The van der Waals surface area contributed by atoms with Crippen LogP contribution in [0.25, 0.3) is 0 Å². The normalized spacial score (nSPS) is 25.5. The lowest BCUT2D eigenvalue weighted by Gasteiger charge is -2.38. The van der Waals surface area contributed by atoms with Gasteiger partial charge in [-0.1, -0.05) is 38.7 Å². The molecule has 0 aromatic heterocycles. The lowest BCUT2D eigenvalue weighted by Crippen LogP contribution is -2.26. The van der Waals surface area contributed by atoms with Crippen LogP contribution >= 0.6 is 0 Å². The molecule has 35 heavy (non-hydrogen) atoms. The average molecular weight is 499 g/mol. The van der Waals surface area contributed by atoms with E-state index in [-0.39, 0.29) is 5.92 Å². The standard InChI is InChI=1S/C28H32F6O/c1-2-3-17-4-6-18(7-5-17)19-8-10-20(11-9-19)21-12-13-23(24(29)14-21)28(33,34)35-22-15-25(30)27(32)26(31)16-22/h12-20H,2-11H2,1H3. The predicted octanol–water partition coefficient (Wildman–Crippen LogP) is 9.25. The summed E-state index contributed by atoms with van der Waals surface area (Å²) in [5, 5.41) is 0. The minimum Gasteiger partial charge on any atom is -0.429 e. The summed E-state index contributed by atoms with van der Waals surface area (Å²) >= 11 is 0. The largest absolute Gasteiger partial charge is 0.429 e. The smallest absolute Gasteiger partial charge is 0.429 e. The van der Waals surface area contributed by atoms with Crippen molar-refractivity contribution >= 4 is 0 Å². The molecule has 0 aliphatic heterocycles. The fourth-order valence-electron chi connectivity index (χ4n) is 6.10. The number of hydrogen-bond acceptors (Lipinski definition) is 1. The van der Waals surface area contributed by atoms with Gasteiger partial charge in [0.1, 0.15) is 11.6 Å². The SMILES string of the molecule is CCCC1CCC(C2CCC(c3ccc(C(F)(F)Oc4cc(F)c(F)c(F)c4)c(F)c3)CC2)CC1. The number of benzene rings is 2. The van der Waals surface area contributed by atoms with Crippen LogP contribution in [0.5, 0.6) is 5.75 Å². The van der Waals surface area contributed by atoms with Crippen molar-refractivity contribution in [3.8, 4) is 5.75 Å². The average Bonchev–Trinajstić information content (AvgIpc) is 2.83. The summed E-state index contributed by atoms with van der Waals surface area (Å²) in [5.74, 6) is -4.78. The molecule has 2 saturated carbocycles. The molecule has 0 unspecified atom stereocenters. The zero-order valence-electron chi connectivity index (χ0n) is 19.9. The zero-order chi connectivity index (χ0) is 25.2. The number of rotatable bonds is 7. The molecule has 0 heterocycles. The molecule has 0 radical (unpaired) electrons. The van der Waals surface area contributed by atoms with Crippen LogP contribution in [0.1, 0.15) is 88.2 Å². The minimum atomic E-state index is -4.19. The maximum Gasteiger partial charge on any atom is 0.429 e. The van der Waals surface area contributed by atoms with Crippen LogP contribution in [0.4, 0.5) is 26.3 Å². The summed E-state index contributed by atoms with van der Waals surface area (Å²) in [4.78, 5) is 0. The van der Waals surface area contributed by atoms with Crippen molar-refractivity contribution in [2.75, 3.05) is 0 Å². The minimum absolute atomic E-state index is 0.112. The molecule has 0 N–H and O–H groups in total. The van der Waals surface area contributed by atoms with Crippen LogP contribution < -0.4 is 4.74 Å². The Morgan fingerprint density at radius 3 is 1.89 bits per heavy atom. The van der Waals surface area contributed by atoms with E-state index in [0.29, 0.717) is 23.6 Å². The van der Waals surface area contributed by atoms with Crippen molar-refractivity contribution in [3.63, 3.8) is 0 Å². The Morgan fingerprint density at radius 1 is 0.771 bits per heavy atom. The molecule has 2 fully saturated rings. The topological polar surface area (TPSA) is 9.23 Å². The summed E-state index contributed by atoms with van der Waals surface area (Å²) in [7, 11) is 0. The molecular formula is C28H32F6O. The molecule has 7 heteroatoms. The third-order valence-corrected chi connectivity index (χ3v) is 8.01. The van der Waals surface area contributed by atoms with Gasteiger partial charge < -0.3 is 4.74 Å².